The number of piperidine rings is 2. The zero-order chi connectivity index (χ0) is 14.5. The van der Waals surface area contributed by atoms with Gasteiger partial charge in [0.15, 0.2) is 0 Å². The van der Waals surface area contributed by atoms with Crippen LogP contribution in [0.25, 0.3) is 0 Å². The average molecular weight is 325 g/mol. The van der Waals surface area contributed by atoms with E-state index in [0.29, 0.717) is 12.0 Å². The number of likely N-dealkylation sites (tertiary alicyclic amines) is 1. The van der Waals surface area contributed by atoms with E-state index in [1.807, 2.05) is 35.2 Å². The van der Waals surface area contributed by atoms with Crippen LogP contribution >= 0.6 is 12.4 Å². The second-order valence-corrected chi connectivity index (χ2v) is 6.28. The zero-order valence-electron chi connectivity index (χ0n) is 12.9. The Labute approximate surface area is 138 Å². The molecule has 0 saturated carbocycles. The summed E-state index contributed by atoms with van der Waals surface area (Å²) in [7, 11) is 0. The van der Waals surface area contributed by atoms with E-state index in [2.05, 4.69) is 5.32 Å². The molecule has 1 spiro atoms. The van der Waals surface area contributed by atoms with E-state index in [9.17, 15) is 4.79 Å². The van der Waals surface area contributed by atoms with Crippen molar-refractivity contribution in [3.8, 4) is 0 Å². The molecule has 0 atom stereocenters. The highest BCUT2D eigenvalue weighted by Gasteiger charge is 2.36. The molecule has 2 heterocycles. The third-order valence-corrected chi connectivity index (χ3v) is 4.95. The molecule has 0 unspecified atom stereocenters. The van der Waals surface area contributed by atoms with E-state index in [-0.39, 0.29) is 18.5 Å². The molecule has 1 N–H and O–H groups in total. The minimum atomic E-state index is -0.164. The van der Waals surface area contributed by atoms with E-state index < -0.39 is 0 Å². The second kappa shape index (κ2) is 7.84. The number of ether oxygens (including phenoxy) is 1. The third kappa shape index (κ3) is 4.14. The number of amides is 1. The van der Waals surface area contributed by atoms with Crippen LogP contribution in [0.2, 0.25) is 0 Å². The number of nitrogens with zero attached hydrogens (tertiary/aromatic N) is 1. The predicted molar refractivity (Wildman–Crippen MR) is 89.2 cm³/mol. The lowest BCUT2D eigenvalue weighted by atomic mass is 9.72. The molecule has 3 rings (SSSR count). The van der Waals surface area contributed by atoms with Crippen molar-refractivity contribution in [1.82, 2.24) is 10.2 Å². The molecule has 0 aliphatic carbocycles. The summed E-state index contributed by atoms with van der Waals surface area (Å²) in [6, 6.07) is 9.85. The molecule has 2 fully saturated rings. The summed E-state index contributed by atoms with van der Waals surface area (Å²) in [6.45, 7) is 4.30. The number of hydrogen-bond acceptors (Lipinski definition) is 3. The molecule has 1 amide bonds. The van der Waals surface area contributed by atoms with Crippen molar-refractivity contribution in [2.24, 2.45) is 5.41 Å². The Morgan fingerprint density at radius 1 is 1.09 bits per heavy atom. The Balaban J connectivity index is 0.00000176. The normalized spacial score (nSPS) is 20.3. The van der Waals surface area contributed by atoms with Crippen molar-refractivity contribution in [3.05, 3.63) is 35.9 Å². The van der Waals surface area contributed by atoms with Crippen molar-refractivity contribution >= 4 is 18.5 Å². The SMILES string of the molecule is Cl.O=C(OCc1ccccc1)N1CCC2(CCNCC2)CC1. The number of hydrogen-bond donors (Lipinski definition) is 1. The van der Waals surface area contributed by atoms with E-state index in [4.69, 9.17) is 4.74 Å². The Bertz CT molecular complexity index is 465. The highest BCUT2D eigenvalue weighted by atomic mass is 35.5. The molecule has 2 saturated heterocycles. The molecule has 122 valence electrons. The lowest BCUT2D eigenvalue weighted by Gasteiger charge is -2.44. The maximum atomic E-state index is 12.1. The topological polar surface area (TPSA) is 41.6 Å². The smallest absolute Gasteiger partial charge is 0.410 e. The van der Waals surface area contributed by atoms with Gasteiger partial charge in [-0.3, -0.25) is 0 Å². The highest BCUT2D eigenvalue weighted by molar-refractivity contribution is 5.85. The van der Waals surface area contributed by atoms with Crippen molar-refractivity contribution in [2.75, 3.05) is 26.2 Å². The number of carbonyl (C=O) groups excluding carboxylic acids is 1. The predicted octanol–water partition coefficient (Wildman–Crippen LogP) is 3.21. The first-order valence-electron chi connectivity index (χ1n) is 7.94. The van der Waals surface area contributed by atoms with Crippen LogP contribution in [0.15, 0.2) is 30.3 Å². The van der Waals surface area contributed by atoms with Gasteiger partial charge in [-0.05, 0) is 49.8 Å². The molecule has 22 heavy (non-hydrogen) atoms. The van der Waals surface area contributed by atoms with Crippen LogP contribution in [-0.4, -0.2) is 37.2 Å². The number of rotatable bonds is 2. The van der Waals surface area contributed by atoms with Gasteiger partial charge in [-0.2, -0.15) is 0 Å². The molecular weight excluding hydrogens is 300 g/mol. The van der Waals surface area contributed by atoms with Crippen LogP contribution in [0.1, 0.15) is 31.2 Å². The summed E-state index contributed by atoms with van der Waals surface area (Å²) in [5.41, 5.74) is 1.51. The first-order chi connectivity index (χ1) is 10.3. The van der Waals surface area contributed by atoms with E-state index >= 15 is 0 Å². The number of benzene rings is 1. The van der Waals surface area contributed by atoms with Crippen molar-refractivity contribution in [2.45, 2.75) is 32.3 Å². The number of nitrogens with one attached hydrogen (secondary N) is 1. The summed E-state index contributed by atoms with van der Waals surface area (Å²) in [5.74, 6) is 0. The quantitative estimate of drug-likeness (QED) is 0.908. The number of halogens is 1. The molecule has 1 aromatic carbocycles. The van der Waals surface area contributed by atoms with Gasteiger partial charge in [0.25, 0.3) is 0 Å². The molecule has 0 bridgehead atoms. The zero-order valence-corrected chi connectivity index (χ0v) is 13.7. The van der Waals surface area contributed by atoms with E-state index in [1.165, 1.54) is 12.8 Å². The fourth-order valence-electron chi connectivity index (χ4n) is 3.43. The molecule has 0 radical (unpaired) electrons. The number of carbonyl (C=O) groups is 1. The van der Waals surface area contributed by atoms with E-state index in [0.717, 1.165) is 44.6 Å². The van der Waals surface area contributed by atoms with Gasteiger partial charge in [0.2, 0.25) is 0 Å². The monoisotopic (exact) mass is 324 g/mol. The van der Waals surface area contributed by atoms with Gasteiger partial charge in [0, 0.05) is 13.1 Å². The average Bonchev–Trinajstić information content (AvgIpc) is 2.55. The van der Waals surface area contributed by atoms with Gasteiger partial charge in [-0.15, -0.1) is 12.4 Å². The first kappa shape index (κ1) is 17.1. The lowest BCUT2D eigenvalue weighted by molar-refractivity contribution is 0.0489. The second-order valence-electron chi connectivity index (χ2n) is 6.28. The fraction of sp³-hybridized carbons (Fsp3) is 0.588. The largest absolute Gasteiger partial charge is 0.445 e. The molecule has 5 heteroatoms. The van der Waals surface area contributed by atoms with E-state index in [1.54, 1.807) is 0 Å². The van der Waals surface area contributed by atoms with Crippen LogP contribution in [0.5, 0.6) is 0 Å². The molecule has 4 nitrogen and oxygen atoms in total. The molecule has 1 aromatic rings. The maximum absolute atomic E-state index is 12.1. The summed E-state index contributed by atoms with van der Waals surface area (Å²) in [6.07, 6.45) is 4.58. The fourth-order valence-corrected chi connectivity index (χ4v) is 3.43. The summed E-state index contributed by atoms with van der Waals surface area (Å²) < 4.78 is 5.42. The van der Waals surface area contributed by atoms with Crippen molar-refractivity contribution in [3.63, 3.8) is 0 Å². The molecular formula is C17H25ClN2O2. The van der Waals surface area contributed by atoms with Crippen molar-refractivity contribution < 1.29 is 9.53 Å². The van der Waals surface area contributed by atoms with Gasteiger partial charge >= 0.3 is 6.09 Å². The Kier molecular flexibility index (Phi) is 6.09. The van der Waals surface area contributed by atoms with Crippen LogP contribution < -0.4 is 5.32 Å². The van der Waals surface area contributed by atoms with Crippen LogP contribution in [-0.2, 0) is 11.3 Å². The van der Waals surface area contributed by atoms with Crippen LogP contribution in [0.3, 0.4) is 0 Å². The third-order valence-electron chi connectivity index (χ3n) is 4.95. The lowest BCUT2D eigenvalue weighted by Crippen LogP contribution is -2.47. The molecule has 0 aromatic heterocycles. The summed E-state index contributed by atoms with van der Waals surface area (Å²) in [5, 5.41) is 3.42. The van der Waals surface area contributed by atoms with Gasteiger partial charge in [0.05, 0.1) is 0 Å². The van der Waals surface area contributed by atoms with Gasteiger partial charge in [0.1, 0.15) is 6.61 Å². The minimum Gasteiger partial charge on any atom is -0.445 e. The van der Waals surface area contributed by atoms with Gasteiger partial charge in [-0.25, -0.2) is 4.79 Å². The Morgan fingerprint density at radius 3 is 2.36 bits per heavy atom. The Hall–Kier alpha value is -1.26. The minimum absolute atomic E-state index is 0. The van der Waals surface area contributed by atoms with Crippen LogP contribution in [0.4, 0.5) is 4.79 Å². The highest BCUT2D eigenvalue weighted by Crippen LogP contribution is 2.39. The molecule has 2 aliphatic rings. The summed E-state index contributed by atoms with van der Waals surface area (Å²) >= 11 is 0. The summed E-state index contributed by atoms with van der Waals surface area (Å²) in [4.78, 5) is 14.0. The van der Waals surface area contributed by atoms with Gasteiger partial charge in [-0.1, -0.05) is 30.3 Å². The first-order valence-corrected chi connectivity index (χ1v) is 7.94. The van der Waals surface area contributed by atoms with Crippen LogP contribution in [0, 0.1) is 5.41 Å². The Morgan fingerprint density at radius 2 is 1.73 bits per heavy atom. The maximum Gasteiger partial charge on any atom is 0.410 e. The molecule has 2 aliphatic heterocycles. The standard InChI is InChI=1S/C17H24N2O2.ClH/c20-16(21-14-15-4-2-1-3-5-15)19-12-8-17(9-13-19)6-10-18-11-7-17;/h1-5,18H,6-14H2;1H. The van der Waals surface area contributed by atoms with Gasteiger partial charge < -0.3 is 15.0 Å². The van der Waals surface area contributed by atoms with Crippen molar-refractivity contribution in [1.29, 1.82) is 0 Å².